The van der Waals surface area contributed by atoms with Gasteiger partial charge in [-0.15, -0.1) is 0 Å². The maximum atomic E-state index is 6.15. The van der Waals surface area contributed by atoms with Crippen LogP contribution in [0.2, 0.25) is 0 Å². The van der Waals surface area contributed by atoms with Gasteiger partial charge < -0.3 is 28.7 Å². The molecule has 0 aromatic heterocycles. The van der Waals surface area contributed by atoms with E-state index < -0.39 is 0 Å². The van der Waals surface area contributed by atoms with Crippen molar-refractivity contribution in [3.63, 3.8) is 0 Å². The lowest BCUT2D eigenvalue weighted by Crippen LogP contribution is -2.47. The summed E-state index contributed by atoms with van der Waals surface area (Å²) in [5, 5.41) is 0. The highest BCUT2D eigenvalue weighted by Gasteiger charge is 2.20. The van der Waals surface area contributed by atoms with Crippen molar-refractivity contribution in [1.82, 2.24) is 9.80 Å². The van der Waals surface area contributed by atoms with Crippen molar-refractivity contribution in [3.8, 4) is 23.0 Å². The van der Waals surface area contributed by atoms with Crippen molar-refractivity contribution in [2.75, 3.05) is 103 Å². The van der Waals surface area contributed by atoms with E-state index in [4.69, 9.17) is 18.9 Å². The van der Waals surface area contributed by atoms with Crippen LogP contribution in [0.5, 0.6) is 23.0 Å². The zero-order valence-electron chi connectivity index (χ0n) is 32.8. The number of hydrogen-bond acceptors (Lipinski definition) is 8. The molecule has 8 nitrogen and oxygen atoms in total. The van der Waals surface area contributed by atoms with Crippen LogP contribution in [0, 0.1) is 0 Å². The Morgan fingerprint density at radius 3 is 1.28 bits per heavy atom. The number of nitrogens with zero attached hydrogens (tertiary/aromatic N) is 4. The molecule has 0 N–H and O–H groups in total. The van der Waals surface area contributed by atoms with Crippen molar-refractivity contribution < 1.29 is 18.9 Å². The zero-order chi connectivity index (χ0) is 37.2. The minimum absolute atomic E-state index is 0.785. The highest BCUT2D eigenvalue weighted by molar-refractivity contribution is 5.59. The molecule has 0 aliphatic carbocycles. The molecule has 2 aliphatic rings. The monoisotopic (exact) mass is 734 g/mol. The van der Waals surface area contributed by atoms with E-state index in [1.165, 1.54) is 48.2 Å². The van der Waals surface area contributed by atoms with E-state index in [0.29, 0.717) is 0 Å². The lowest BCUT2D eigenvalue weighted by Gasteiger charge is -2.36. The molecule has 2 fully saturated rings. The lowest BCUT2D eigenvalue weighted by molar-refractivity contribution is 0.260. The number of rotatable bonds is 21. The van der Waals surface area contributed by atoms with Gasteiger partial charge in [0, 0.05) is 65.4 Å². The fraction of sp³-hybridized carbons (Fsp3) is 0.478. The molecule has 0 unspecified atom stereocenters. The number of hydrogen-bond donors (Lipinski definition) is 0. The molecular formula is C46H62N4O4. The van der Waals surface area contributed by atoms with E-state index in [1.54, 1.807) is 14.2 Å². The molecule has 2 saturated heterocycles. The van der Waals surface area contributed by atoms with Gasteiger partial charge in [-0.25, -0.2) is 0 Å². The van der Waals surface area contributed by atoms with Gasteiger partial charge in [-0.1, -0.05) is 74.2 Å². The Bertz CT molecular complexity index is 1550. The van der Waals surface area contributed by atoms with Gasteiger partial charge in [-0.2, -0.15) is 0 Å². The van der Waals surface area contributed by atoms with E-state index in [9.17, 15) is 0 Å². The zero-order valence-corrected chi connectivity index (χ0v) is 32.8. The van der Waals surface area contributed by atoms with Crippen LogP contribution in [0.15, 0.2) is 97.1 Å². The first-order chi connectivity index (χ1) is 26.7. The van der Waals surface area contributed by atoms with Crippen LogP contribution in [-0.4, -0.2) is 103 Å². The average Bonchev–Trinajstić information content (AvgIpc) is 3.23. The Labute approximate surface area is 324 Å². The number of methoxy groups -OCH3 is 2. The van der Waals surface area contributed by atoms with Crippen molar-refractivity contribution in [2.45, 2.75) is 51.4 Å². The van der Waals surface area contributed by atoms with Gasteiger partial charge in [0.1, 0.15) is 23.0 Å². The Hall–Kier alpha value is -4.40. The first-order valence-corrected chi connectivity index (χ1v) is 20.3. The molecule has 0 saturated carbocycles. The standard InChI is InChI=1S/C46H62N4O4/c1-51-45-21-9-7-19-43(45)49-31-27-47(28-32-49)25-23-39-15-13-17-41(37-39)53-35-11-5-3-4-6-12-36-54-42-18-14-16-40(38-42)24-26-48-29-33-50(34-30-48)44-20-8-10-22-46(44)52-2/h7-10,13-22,37-38H,3-6,11-12,23-36H2,1-2H3. The van der Waals surface area contributed by atoms with E-state index in [-0.39, 0.29) is 0 Å². The summed E-state index contributed by atoms with van der Waals surface area (Å²) in [6.07, 6.45) is 9.20. The van der Waals surface area contributed by atoms with Crippen LogP contribution >= 0.6 is 0 Å². The molecule has 0 amide bonds. The Balaban J connectivity index is 0.772. The van der Waals surface area contributed by atoms with Crippen LogP contribution in [0.3, 0.4) is 0 Å². The van der Waals surface area contributed by atoms with Crippen LogP contribution in [0.1, 0.15) is 49.7 Å². The summed E-state index contributed by atoms with van der Waals surface area (Å²) in [5.41, 5.74) is 5.10. The first kappa shape index (κ1) is 39.3. The summed E-state index contributed by atoms with van der Waals surface area (Å²) < 4.78 is 23.4. The van der Waals surface area contributed by atoms with Gasteiger partial charge >= 0.3 is 0 Å². The molecule has 8 heteroatoms. The highest BCUT2D eigenvalue weighted by atomic mass is 16.5. The third-order valence-electron chi connectivity index (χ3n) is 10.9. The average molecular weight is 735 g/mol. The van der Waals surface area contributed by atoms with Gasteiger partial charge in [0.2, 0.25) is 0 Å². The number of benzene rings is 4. The number of anilines is 2. The summed E-state index contributed by atoms with van der Waals surface area (Å²) >= 11 is 0. The smallest absolute Gasteiger partial charge is 0.142 e. The van der Waals surface area contributed by atoms with Gasteiger partial charge in [-0.3, -0.25) is 9.80 Å². The molecule has 4 aromatic rings. The minimum Gasteiger partial charge on any atom is -0.495 e. The second kappa shape index (κ2) is 21.5. The van der Waals surface area contributed by atoms with Crippen molar-refractivity contribution >= 4 is 11.4 Å². The summed E-state index contributed by atoms with van der Waals surface area (Å²) in [6, 6.07) is 34.0. The van der Waals surface area contributed by atoms with Crippen LogP contribution in [-0.2, 0) is 12.8 Å². The largest absolute Gasteiger partial charge is 0.495 e. The van der Waals surface area contributed by atoms with Crippen molar-refractivity contribution in [1.29, 1.82) is 0 Å². The maximum absolute atomic E-state index is 6.15. The van der Waals surface area contributed by atoms with E-state index in [2.05, 4.69) is 92.4 Å². The lowest BCUT2D eigenvalue weighted by atomic mass is 10.1. The third-order valence-corrected chi connectivity index (χ3v) is 10.9. The predicted molar refractivity (Wildman–Crippen MR) is 222 cm³/mol. The molecular weight excluding hydrogens is 673 g/mol. The number of piperazine rings is 2. The summed E-state index contributed by atoms with van der Waals surface area (Å²) in [5.74, 6) is 3.91. The Kier molecular flexibility index (Phi) is 15.6. The van der Waals surface area contributed by atoms with Gasteiger partial charge in [0.25, 0.3) is 0 Å². The molecule has 54 heavy (non-hydrogen) atoms. The molecule has 0 atom stereocenters. The van der Waals surface area contributed by atoms with Crippen LogP contribution in [0.25, 0.3) is 0 Å². The van der Waals surface area contributed by atoms with Crippen LogP contribution in [0.4, 0.5) is 11.4 Å². The fourth-order valence-electron chi connectivity index (χ4n) is 7.65. The maximum Gasteiger partial charge on any atom is 0.142 e. The highest BCUT2D eigenvalue weighted by Crippen LogP contribution is 2.30. The quantitative estimate of drug-likeness (QED) is 0.0795. The molecule has 290 valence electrons. The molecule has 2 heterocycles. The fourth-order valence-corrected chi connectivity index (χ4v) is 7.65. The normalized spacial score (nSPS) is 15.3. The first-order valence-electron chi connectivity index (χ1n) is 20.3. The van der Waals surface area contributed by atoms with E-state index in [0.717, 1.165) is 127 Å². The second-order valence-corrected chi connectivity index (χ2v) is 14.6. The van der Waals surface area contributed by atoms with Gasteiger partial charge in [-0.05, 0) is 85.3 Å². The molecule has 0 bridgehead atoms. The summed E-state index contributed by atoms with van der Waals surface area (Å²) in [4.78, 5) is 10.0. The number of para-hydroxylation sites is 4. The van der Waals surface area contributed by atoms with Gasteiger partial charge in [0.15, 0.2) is 0 Å². The molecule has 0 spiro atoms. The SMILES string of the molecule is COc1ccccc1N1CCN(CCc2cccc(OCCCCCCCCOc3cccc(CCN4CCN(c5ccccc5OC)CC4)c3)c2)CC1. The number of ether oxygens (including phenoxy) is 4. The van der Waals surface area contributed by atoms with E-state index in [1.807, 2.05) is 24.3 Å². The molecule has 4 aromatic carbocycles. The summed E-state index contributed by atoms with van der Waals surface area (Å²) in [7, 11) is 3.51. The Morgan fingerprint density at radius 1 is 0.444 bits per heavy atom. The van der Waals surface area contributed by atoms with Crippen LogP contribution < -0.4 is 28.7 Å². The van der Waals surface area contributed by atoms with Crippen molar-refractivity contribution in [2.24, 2.45) is 0 Å². The predicted octanol–water partition coefficient (Wildman–Crippen LogP) is 8.23. The minimum atomic E-state index is 0.785. The Morgan fingerprint density at radius 2 is 0.852 bits per heavy atom. The number of unbranched alkanes of at least 4 members (excludes halogenated alkanes) is 5. The molecule has 2 aliphatic heterocycles. The molecule has 6 rings (SSSR count). The van der Waals surface area contributed by atoms with Gasteiger partial charge in [0.05, 0.1) is 38.8 Å². The van der Waals surface area contributed by atoms with E-state index >= 15 is 0 Å². The third kappa shape index (κ3) is 12.1. The van der Waals surface area contributed by atoms with Crippen molar-refractivity contribution in [3.05, 3.63) is 108 Å². The topological polar surface area (TPSA) is 49.9 Å². The summed E-state index contributed by atoms with van der Waals surface area (Å²) in [6.45, 7) is 12.1. The second-order valence-electron chi connectivity index (χ2n) is 14.6. The molecule has 0 radical (unpaired) electrons.